The molecule has 0 bridgehead atoms. The number of nitrogens with one attached hydrogen (secondary N) is 1. The van der Waals surface area contributed by atoms with Gasteiger partial charge in [-0.05, 0) is 49.1 Å². The lowest BCUT2D eigenvalue weighted by Crippen LogP contribution is -2.21. The summed E-state index contributed by atoms with van der Waals surface area (Å²) < 4.78 is 13.7. The van der Waals surface area contributed by atoms with Gasteiger partial charge in [0.25, 0.3) is 0 Å². The van der Waals surface area contributed by atoms with Crippen molar-refractivity contribution in [3.05, 3.63) is 71.0 Å². The van der Waals surface area contributed by atoms with Crippen molar-refractivity contribution < 1.29 is 4.39 Å². The van der Waals surface area contributed by atoms with Gasteiger partial charge < -0.3 is 5.32 Å². The first-order valence-corrected chi connectivity index (χ1v) is 7.24. The Balaban J connectivity index is 2.08. The monoisotopic (exact) mass is 271 g/mol. The molecule has 1 atom stereocenters. The highest BCUT2D eigenvalue weighted by molar-refractivity contribution is 5.26. The summed E-state index contributed by atoms with van der Waals surface area (Å²) in [4.78, 5) is 0. The smallest absolute Gasteiger partial charge is 0.126 e. The van der Waals surface area contributed by atoms with Gasteiger partial charge in [-0.25, -0.2) is 4.39 Å². The molecular formula is C18H22FN. The van der Waals surface area contributed by atoms with E-state index in [1.54, 1.807) is 13.0 Å². The zero-order chi connectivity index (χ0) is 14.4. The van der Waals surface area contributed by atoms with Gasteiger partial charge in [0.05, 0.1) is 0 Å². The summed E-state index contributed by atoms with van der Waals surface area (Å²) in [5.74, 6) is -0.120. The maximum absolute atomic E-state index is 13.7. The number of halogens is 1. The molecule has 0 radical (unpaired) electrons. The van der Waals surface area contributed by atoms with Crippen LogP contribution < -0.4 is 5.32 Å². The van der Waals surface area contributed by atoms with E-state index in [0.29, 0.717) is 5.56 Å². The van der Waals surface area contributed by atoms with Crippen LogP contribution in [0.4, 0.5) is 4.39 Å². The predicted octanol–water partition coefficient (Wildman–Crippen LogP) is 4.42. The number of aryl methyl sites for hydroxylation is 2. The molecule has 2 heteroatoms. The molecule has 0 aliphatic carbocycles. The van der Waals surface area contributed by atoms with E-state index in [4.69, 9.17) is 0 Å². The van der Waals surface area contributed by atoms with Crippen molar-refractivity contribution in [3.8, 4) is 0 Å². The molecule has 0 saturated carbocycles. The molecule has 1 nitrogen and oxygen atoms in total. The molecule has 2 aromatic carbocycles. The van der Waals surface area contributed by atoms with Gasteiger partial charge in [-0.15, -0.1) is 0 Å². The molecule has 106 valence electrons. The molecule has 0 amide bonds. The van der Waals surface area contributed by atoms with Crippen molar-refractivity contribution in [1.29, 1.82) is 0 Å². The Morgan fingerprint density at radius 2 is 1.85 bits per heavy atom. The molecule has 0 saturated heterocycles. The summed E-state index contributed by atoms with van der Waals surface area (Å²) in [5, 5.41) is 3.45. The Hall–Kier alpha value is -1.67. The molecule has 2 aromatic rings. The van der Waals surface area contributed by atoms with Crippen LogP contribution >= 0.6 is 0 Å². The third-order valence-corrected chi connectivity index (χ3v) is 3.61. The second-order valence-electron chi connectivity index (χ2n) is 5.14. The van der Waals surface area contributed by atoms with Crippen LogP contribution in [0.2, 0.25) is 0 Å². The Labute approximate surface area is 120 Å². The van der Waals surface area contributed by atoms with Crippen LogP contribution in [0.5, 0.6) is 0 Å². The Bertz CT molecular complexity index is 536. The molecule has 2 rings (SSSR count). The standard InChI is InChI=1S/C18H22FN/c1-3-20-18(12-10-15-7-5-4-6-8-15)16-11-9-14(2)17(19)13-16/h4-9,11,13,18,20H,3,10,12H2,1-2H3. The lowest BCUT2D eigenvalue weighted by Gasteiger charge is -2.19. The van der Waals surface area contributed by atoms with E-state index in [0.717, 1.165) is 24.9 Å². The van der Waals surface area contributed by atoms with Gasteiger partial charge in [-0.1, -0.05) is 49.4 Å². The van der Waals surface area contributed by atoms with Gasteiger partial charge in [0, 0.05) is 6.04 Å². The fraction of sp³-hybridized carbons (Fsp3) is 0.333. The molecule has 20 heavy (non-hydrogen) atoms. The largest absolute Gasteiger partial charge is 0.310 e. The van der Waals surface area contributed by atoms with Gasteiger partial charge in [0.2, 0.25) is 0 Å². The zero-order valence-electron chi connectivity index (χ0n) is 12.2. The second-order valence-corrected chi connectivity index (χ2v) is 5.14. The number of hydrogen-bond acceptors (Lipinski definition) is 1. The predicted molar refractivity (Wildman–Crippen MR) is 82.3 cm³/mol. The quantitative estimate of drug-likeness (QED) is 0.820. The number of benzene rings is 2. The normalized spacial score (nSPS) is 12.3. The number of rotatable bonds is 6. The maximum atomic E-state index is 13.7. The molecule has 0 aliphatic heterocycles. The topological polar surface area (TPSA) is 12.0 Å². The molecule has 0 fully saturated rings. The third kappa shape index (κ3) is 3.91. The molecule has 0 aromatic heterocycles. The van der Waals surface area contributed by atoms with E-state index in [1.807, 2.05) is 18.2 Å². The van der Waals surface area contributed by atoms with E-state index in [9.17, 15) is 4.39 Å². The summed E-state index contributed by atoms with van der Waals surface area (Å²) in [6.07, 6.45) is 1.97. The van der Waals surface area contributed by atoms with Crippen molar-refractivity contribution in [3.63, 3.8) is 0 Å². The Morgan fingerprint density at radius 3 is 2.50 bits per heavy atom. The summed E-state index contributed by atoms with van der Waals surface area (Å²) >= 11 is 0. The first kappa shape index (κ1) is 14.7. The minimum atomic E-state index is -0.120. The zero-order valence-corrected chi connectivity index (χ0v) is 12.2. The maximum Gasteiger partial charge on any atom is 0.126 e. The van der Waals surface area contributed by atoms with Crippen LogP contribution in [0.1, 0.15) is 36.1 Å². The first-order chi connectivity index (χ1) is 9.70. The van der Waals surface area contributed by atoms with Crippen LogP contribution in [0.3, 0.4) is 0 Å². The fourth-order valence-electron chi connectivity index (χ4n) is 2.41. The van der Waals surface area contributed by atoms with Crippen LogP contribution in [0, 0.1) is 12.7 Å². The van der Waals surface area contributed by atoms with Gasteiger partial charge in [-0.2, -0.15) is 0 Å². The van der Waals surface area contributed by atoms with Crippen molar-refractivity contribution >= 4 is 0 Å². The highest BCUT2D eigenvalue weighted by Crippen LogP contribution is 2.21. The van der Waals surface area contributed by atoms with Crippen molar-refractivity contribution in [1.82, 2.24) is 5.32 Å². The lowest BCUT2D eigenvalue weighted by molar-refractivity contribution is 0.510. The van der Waals surface area contributed by atoms with Crippen LogP contribution in [0.15, 0.2) is 48.5 Å². The van der Waals surface area contributed by atoms with E-state index in [2.05, 4.69) is 36.5 Å². The summed E-state index contributed by atoms with van der Waals surface area (Å²) in [7, 11) is 0. The second kappa shape index (κ2) is 7.20. The van der Waals surface area contributed by atoms with Gasteiger partial charge >= 0.3 is 0 Å². The first-order valence-electron chi connectivity index (χ1n) is 7.24. The van der Waals surface area contributed by atoms with E-state index < -0.39 is 0 Å². The van der Waals surface area contributed by atoms with E-state index in [-0.39, 0.29) is 11.9 Å². The third-order valence-electron chi connectivity index (χ3n) is 3.61. The SMILES string of the molecule is CCNC(CCc1ccccc1)c1ccc(C)c(F)c1. The van der Waals surface area contributed by atoms with E-state index in [1.165, 1.54) is 5.56 Å². The van der Waals surface area contributed by atoms with Gasteiger partial charge in [0.1, 0.15) is 5.82 Å². The number of hydrogen-bond donors (Lipinski definition) is 1. The van der Waals surface area contributed by atoms with Crippen molar-refractivity contribution in [2.45, 2.75) is 32.7 Å². The van der Waals surface area contributed by atoms with Gasteiger partial charge in [-0.3, -0.25) is 0 Å². The fourth-order valence-corrected chi connectivity index (χ4v) is 2.41. The highest BCUT2D eigenvalue weighted by atomic mass is 19.1. The molecule has 1 unspecified atom stereocenters. The van der Waals surface area contributed by atoms with Crippen LogP contribution in [0.25, 0.3) is 0 Å². The minimum Gasteiger partial charge on any atom is -0.310 e. The average Bonchev–Trinajstić information content (AvgIpc) is 2.47. The molecule has 0 spiro atoms. The average molecular weight is 271 g/mol. The van der Waals surface area contributed by atoms with E-state index >= 15 is 0 Å². The summed E-state index contributed by atoms with van der Waals surface area (Å²) in [6, 6.07) is 16.2. The van der Waals surface area contributed by atoms with Crippen LogP contribution in [-0.2, 0) is 6.42 Å². The summed E-state index contributed by atoms with van der Waals surface area (Å²) in [6.45, 7) is 4.76. The van der Waals surface area contributed by atoms with Gasteiger partial charge in [0.15, 0.2) is 0 Å². The molecule has 1 N–H and O–H groups in total. The summed E-state index contributed by atoms with van der Waals surface area (Å²) in [5.41, 5.74) is 3.06. The van der Waals surface area contributed by atoms with Crippen LogP contribution in [-0.4, -0.2) is 6.54 Å². The molecular weight excluding hydrogens is 249 g/mol. The lowest BCUT2D eigenvalue weighted by atomic mass is 9.98. The van der Waals surface area contributed by atoms with Crippen molar-refractivity contribution in [2.75, 3.05) is 6.54 Å². The molecule has 0 heterocycles. The highest BCUT2D eigenvalue weighted by Gasteiger charge is 2.12. The van der Waals surface area contributed by atoms with Crippen molar-refractivity contribution in [2.24, 2.45) is 0 Å². The molecule has 0 aliphatic rings. The minimum absolute atomic E-state index is 0.120. The Kier molecular flexibility index (Phi) is 5.31. The Morgan fingerprint density at radius 1 is 1.10 bits per heavy atom.